The second kappa shape index (κ2) is 7.02. The molecule has 0 atom stereocenters. The summed E-state index contributed by atoms with van der Waals surface area (Å²) in [6.07, 6.45) is 1.72. The van der Waals surface area contributed by atoms with Crippen molar-refractivity contribution in [1.29, 1.82) is 0 Å². The molecule has 10 nitrogen and oxygen atoms in total. The summed E-state index contributed by atoms with van der Waals surface area (Å²) in [5.41, 5.74) is 2.52. The van der Waals surface area contributed by atoms with Gasteiger partial charge in [-0.2, -0.15) is 5.10 Å². The second-order valence-corrected chi connectivity index (χ2v) is 7.21. The minimum Gasteiger partial charge on any atom is -0.344 e. The second-order valence-electron chi connectivity index (χ2n) is 7.21. The highest BCUT2D eigenvalue weighted by Crippen LogP contribution is 2.16. The summed E-state index contributed by atoms with van der Waals surface area (Å²) >= 11 is 0. The van der Waals surface area contributed by atoms with E-state index in [-0.39, 0.29) is 30.1 Å². The van der Waals surface area contributed by atoms with Crippen LogP contribution in [0.2, 0.25) is 0 Å². The average Bonchev–Trinajstić information content (AvgIpc) is 3.27. The van der Waals surface area contributed by atoms with E-state index in [1.807, 2.05) is 36.4 Å². The fraction of sp³-hybridized carbons (Fsp3) is 0.444. The van der Waals surface area contributed by atoms with Crippen LogP contribution in [0.1, 0.15) is 41.5 Å². The van der Waals surface area contributed by atoms with Gasteiger partial charge in [0.1, 0.15) is 0 Å². The number of aryl methyl sites for hydroxylation is 1. The molecule has 0 radical (unpaired) electrons. The zero-order valence-electron chi connectivity index (χ0n) is 16.1. The van der Waals surface area contributed by atoms with Gasteiger partial charge in [0.25, 0.3) is 11.7 Å². The molecule has 28 heavy (non-hydrogen) atoms. The van der Waals surface area contributed by atoms with Crippen LogP contribution in [0, 0.1) is 12.8 Å². The largest absolute Gasteiger partial charge is 0.344 e. The number of nitrogens with one attached hydrogen (secondary N) is 1. The molecule has 2 amide bonds. The van der Waals surface area contributed by atoms with E-state index in [0.717, 1.165) is 17.1 Å². The zero-order valence-corrected chi connectivity index (χ0v) is 16.1. The summed E-state index contributed by atoms with van der Waals surface area (Å²) in [7, 11) is 0. The molecule has 0 saturated carbocycles. The van der Waals surface area contributed by atoms with Crippen LogP contribution in [0.25, 0.3) is 5.78 Å². The number of hydrogen-bond donors (Lipinski definition) is 1. The van der Waals surface area contributed by atoms with Gasteiger partial charge in [0.2, 0.25) is 11.7 Å². The summed E-state index contributed by atoms with van der Waals surface area (Å²) in [4.78, 5) is 30.8. The Morgan fingerprint density at radius 2 is 2.07 bits per heavy atom. The molecule has 1 aliphatic rings. The molecule has 4 rings (SSSR count). The summed E-state index contributed by atoms with van der Waals surface area (Å²) in [6.45, 7) is 7.77. The Morgan fingerprint density at radius 1 is 1.25 bits per heavy atom. The maximum absolute atomic E-state index is 12.5. The van der Waals surface area contributed by atoms with Crippen LogP contribution in [-0.4, -0.2) is 52.6 Å². The number of carbonyl (C=O) groups is 2. The summed E-state index contributed by atoms with van der Waals surface area (Å²) in [5, 5.41) is 15.2. The number of fused-ring (bicyclic) bond motifs is 2. The van der Waals surface area contributed by atoms with Gasteiger partial charge in [0, 0.05) is 24.4 Å². The summed E-state index contributed by atoms with van der Waals surface area (Å²) < 4.78 is 3.45. The smallest absolute Gasteiger partial charge is 0.289 e. The molecular formula is C18H22N8O2. The third-order valence-corrected chi connectivity index (χ3v) is 4.71. The number of nitrogens with zero attached hydrogens (tertiary/aromatic N) is 7. The maximum Gasteiger partial charge on any atom is 0.289 e. The summed E-state index contributed by atoms with van der Waals surface area (Å²) in [6, 6.07) is 3.72. The van der Waals surface area contributed by atoms with Crippen LogP contribution in [-0.2, 0) is 24.4 Å². The lowest BCUT2D eigenvalue weighted by Gasteiger charge is -2.29. The molecule has 1 aliphatic heterocycles. The topological polar surface area (TPSA) is 110 Å². The molecule has 3 aromatic rings. The van der Waals surface area contributed by atoms with Gasteiger partial charge in [0.05, 0.1) is 31.0 Å². The molecule has 0 bridgehead atoms. The number of aromatic nitrogens is 6. The fourth-order valence-electron chi connectivity index (χ4n) is 3.24. The van der Waals surface area contributed by atoms with Crippen LogP contribution in [0.3, 0.4) is 0 Å². The van der Waals surface area contributed by atoms with Gasteiger partial charge in [-0.15, -0.1) is 10.2 Å². The minimum absolute atomic E-state index is 0.0236. The van der Waals surface area contributed by atoms with E-state index in [4.69, 9.17) is 0 Å². The van der Waals surface area contributed by atoms with Crippen LogP contribution in [0.4, 0.5) is 0 Å². The SMILES string of the molecule is Cc1ccn2c(C(=O)NCc3cc4n(n3)CCN(C(=O)C(C)C)C4)nnc2n1. The molecule has 0 unspecified atom stereocenters. The van der Waals surface area contributed by atoms with Crippen molar-refractivity contribution in [3.05, 3.63) is 41.2 Å². The Kier molecular flexibility index (Phi) is 4.54. The first-order valence-electron chi connectivity index (χ1n) is 9.23. The van der Waals surface area contributed by atoms with E-state index in [1.54, 1.807) is 16.7 Å². The predicted molar refractivity (Wildman–Crippen MR) is 99.2 cm³/mol. The van der Waals surface area contributed by atoms with Crippen LogP contribution in [0.5, 0.6) is 0 Å². The van der Waals surface area contributed by atoms with Crippen molar-refractivity contribution < 1.29 is 9.59 Å². The minimum atomic E-state index is -0.347. The average molecular weight is 382 g/mol. The monoisotopic (exact) mass is 382 g/mol. The highest BCUT2D eigenvalue weighted by molar-refractivity contribution is 5.91. The summed E-state index contributed by atoms with van der Waals surface area (Å²) in [5.74, 6) is 0.341. The number of amides is 2. The quantitative estimate of drug-likeness (QED) is 0.706. The van der Waals surface area contributed by atoms with Gasteiger partial charge in [-0.05, 0) is 19.1 Å². The van der Waals surface area contributed by atoms with Gasteiger partial charge in [-0.1, -0.05) is 13.8 Å². The van der Waals surface area contributed by atoms with Crippen molar-refractivity contribution in [2.24, 2.45) is 5.92 Å². The van der Waals surface area contributed by atoms with Crippen molar-refractivity contribution in [2.45, 2.75) is 40.4 Å². The standard InChI is InChI=1S/C18H22N8O2/c1-11(2)17(28)24-6-7-26-14(10-24)8-13(23-26)9-19-16(27)15-21-22-18-20-12(3)4-5-25(15)18/h4-5,8,11H,6-7,9-10H2,1-3H3,(H,19,27). The molecule has 3 aromatic heterocycles. The van der Waals surface area contributed by atoms with E-state index in [9.17, 15) is 9.59 Å². The van der Waals surface area contributed by atoms with Gasteiger partial charge in [-0.25, -0.2) is 4.98 Å². The van der Waals surface area contributed by atoms with Gasteiger partial charge < -0.3 is 10.2 Å². The molecule has 0 aromatic carbocycles. The number of carbonyl (C=O) groups excluding carboxylic acids is 2. The maximum atomic E-state index is 12.5. The molecule has 146 valence electrons. The van der Waals surface area contributed by atoms with E-state index in [2.05, 4.69) is 25.6 Å². The Morgan fingerprint density at radius 3 is 2.86 bits per heavy atom. The Hall–Kier alpha value is -3.30. The predicted octanol–water partition coefficient (Wildman–Crippen LogP) is 0.557. The fourth-order valence-corrected chi connectivity index (χ4v) is 3.24. The van der Waals surface area contributed by atoms with Gasteiger partial charge in [0.15, 0.2) is 0 Å². The Bertz CT molecular complexity index is 1050. The van der Waals surface area contributed by atoms with Crippen molar-refractivity contribution in [3.8, 4) is 0 Å². The number of hydrogen-bond acceptors (Lipinski definition) is 6. The van der Waals surface area contributed by atoms with Gasteiger partial charge >= 0.3 is 0 Å². The first-order valence-corrected chi connectivity index (χ1v) is 9.23. The van der Waals surface area contributed by atoms with Crippen LogP contribution < -0.4 is 5.32 Å². The Labute approximate surface area is 161 Å². The van der Waals surface area contributed by atoms with Crippen molar-refractivity contribution in [1.82, 2.24) is 39.6 Å². The molecule has 0 spiro atoms. The lowest BCUT2D eigenvalue weighted by molar-refractivity contribution is -0.136. The molecule has 0 saturated heterocycles. The van der Waals surface area contributed by atoms with Crippen molar-refractivity contribution >= 4 is 17.6 Å². The molecule has 0 aliphatic carbocycles. The lowest BCUT2D eigenvalue weighted by atomic mass is 10.1. The highest BCUT2D eigenvalue weighted by Gasteiger charge is 2.24. The zero-order chi connectivity index (χ0) is 19.8. The molecule has 10 heteroatoms. The molecule has 1 N–H and O–H groups in total. The van der Waals surface area contributed by atoms with E-state index < -0.39 is 0 Å². The first-order chi connectivity index (χ1) is 13.4. The molecule has 0 fully saturated rings. The normalized spacial score (nSPS) is 13.8. The molecule has 4 heterocycles. The lowest BCUT2D eigenvalue weighted by Crippen LogP contribution is -2.40. The third kappa shape index (κ3) is 3.32. The van der Waals surface area contributed by atoms with E-state index >= 15 is 0 Å². The molecular weight excluding hydrogens is 360 g/mol. The van der Waals surface area contributed by atoms with Crippen molar-refractivity contribution in [3.63, 3.8) is 0 Å². The van der Waals surface area contributed by atoms with Gasteiger partial charge in [-0.3, -0.25) is 18.7 Å². The number of rotatable bonds is 4. The van der Waals surface area contributed by atoms with Crippen LogP contribution >= 0.6 is 0 Å². The van der Waals surface area contributed by atoms with E-state index in [1.165, 1.54) is 0 Å². The first kappa shape index (κ1) is 18.1. The van der Waals surface area contributed by atoms with Crippen LogP contribution in [0.15, 0.2) is 18.3 Å². The third-order valence-electron chi connectivity index (χ3n) is 4.71. The highest BCUT2D eigenvalue weighted by atomic mass is 16.2. The van der Waals surface area contributed by atoms with Crippen molar-refractivity contribution in [2.75, 3.05) is 6.54 Å². The van der Waals surface area contributed by atoms with E-state index in [0.29, 0.717) is 25.4 Å². The Balaban J connectivity index is 1.43.